The van der Waals surface area contributed by atoms with E-state index >= 15 is 0 Å². The summed E-state index contributed by atoms with van der Waals surface area (Å²) in [6, 6.07) is 18.8. The summed E-state index contributed by atoms with van der Waals surface area (Å²) in [5, 5.41) is 3.02. The molecule has 106 valence electrons. The van der Waals surface area contributed by atoms with Crippen LogP contribution in [0.3, 0.4) is 0 Å². The van der Waals surface area contributed by atoms with Crippen LogP contribution in [0, 0.1) is 5.82 Å². The Balaban J connectivity index is 1.92. The van der Waals surface area contributed by atoms with Gasteiger partial charge in [0.2, 0.25) is 0 Å². The zero-order valence-electron chi connectivity index (χ0n) is 11.4. The van der Waals surface area contributed by atoms with Gasteiger partial charge >= 0.3 is 0 Å². The predicted molar refractivity (Wildman–Crippen MR) is 87.3 cm³/mol. The monoisotopic (exact) mass is 344 g/mol. The highest BCUT2D eigenvalue weighted by atomic mass is 79.9. The maximum atomic E-state index is 13.6. The predicted octanol–water partition coefficient (Wildman–Crippen LogP) is 5.45. The van der Waals surface area contributed by atoms with Crippen molar-refractivity contribution >= 4 is 26.7 Å². The van der Waals surface area contributed by atoms with Gasteiger partial charge in [-0.1, -0.05) is 64.5 Å². The number of rotatable bonds is 4. The molecule has 0 bridgehead atoms. The number of ether oxygens (including phenoxy) is 1. The summed E-state index contributed by atoms with van der Waals surface area (Å²) >= 11 is 3.52. The molecule has 0 atom stereocenters. The molecule has 0 N–H and O–H groups in total. The van der Waals surface area contributed by atoms with Crippen molar-refractivity contribution in [1.82, 2.24) is 0 Å². The van der Waals surface area contributed by atoms with E-state index in [1.807, 2.05) is 30.3 Å². The molecule has 0 aliphatic heterocycles. The number of fused-ring (bicyclic) bond motifs is 1. The zero-order valence-corrected chi connectivity index (χ0v) is 12.9. The van der Waals surface area contributed by atoms with Crippen molar-refractivity contribution in [3.05, 3.63) is 77.6 Å². The Hall–Kier alpha value is -1.87. The van der Waals surface area contributed by atoms with E-state index in [1.54, 1.807) is 12.1 Å². The van der Waals surface area contributed by atoms with Gasteiger partial charge in [0.15, 0.2) is 0 Å². The van der Waals surface area contributed by atoms with Crippen molar-refractivity contribution in [2.45, 2.75) is 11.9 Å². The van der Waals surface area contributed by atoms with Crippen molar-refractivity contribution < 1.29 is 9.13 Å². The third-order valence-electron chi connectivity index (χ3n) is 3.47. The second-order valence-electron chi connectivity index (χ2n) is 4.78. The van der Waals surface area contributed by atoms with Crippen LogP contribution in [0.4, 0.5) is 4.39 Å². The molecule has 3 aromatic carbocycles. The maximum Gasteiger partial charge on any atom is 0.129 e. The topological polar surface area (TPSA) is 9.23 Å². The smallest absolute Gasteiger partial charge is 0.129 e. The number of halogens is 2. The highest BCUT2D eigenvalue weighted by Gasteiger charge is 2.09. The summed E-state index contributed by atoms with van der Waals surface area (Å²) in [5.41, 5.74) is 1.65. The molecule has 0 saturated heterocycles. The average Bonchev–Trinajstić information content (AvgIpc) is 2.53. The number of alkyl halides is 1. The lowest BCUT2D eigenvalue weighted by Gasteiger charge is -2.13. The number of hydrogen-bond acceptors (Lipinski definition) is 1. The molecule has 0 heterocycles. The summed E-state index contributed by atoms with van der Waals surface area (Å²) in [6.45, 7) is 0.227. The Morgan fingerprint density at radius 3 is 2.48 bits per heavy atom. The average molecular weight is 345 g/mol. The zero-order chi connectivity index (χ0) is 14.7. The largest absolute Gasteiger partial charge is 0.488 e. The quantitative estimate of drug-likeness (QED) is 0.571. The third-order valence-corrected chi connectivity index (χ3v) is 4.03. The second kappa shape index (κ2) is 6.27. The lowest BCUT2D eigenvalue weighted by molar-refractivity contribution is 0.298. The van der Waals surface area contributed by atoms with Crippen molar-refractivity contribution in [3.8, 4) is 5.75 Å². The first-order valence-electron chi connectivity index (χ1n) is 6.72. The minimum Gasteiger partial charge on any atom is -0.488 e. The minimum absolute atomic E-state index is 0.227. The molecule has 3 rings (SSSR count). The van der Waals surface area contributed by atoms with E-state index in [1.165, 1.54) is 11.5 Å². The molecular formula is C18H14BrFO. The molecular weight excluding hydrogens is 331 g/mol. The first kappa shape index (κ1) is 14.1. The molecule has 0 radical (unpaired) electrons. The fourth-order valence-electron chi connectivity index (χ4n) is 2.36. The molecule has 0 fully saturated rings. The van der Waals surface area contributed by atoms with Crippen LogP contribution in [0.5, 0.6) is 5.75 Å². The number of hydrogen-bond donors (Lipinski definition) is 0. The van der Waals surface area contributed by atoms with Gasteiger partial charge in [0.25, 0.3) is 0 Å². The molecule has 21 heavy (non-hydrogen) atoms. The van der Waals surface area contributed by atoms with E-state index in [0.29, 0.717) is 10.9 Å². The van der Waals surface area contributed by atoms with Crippen molar-refractivity contribution in [1.29, 1.82) is 0 Å². The summed E-state index contributed by atoms with van der Waals surface area (Å²) in [7, 11) is 0. The Labute approximate surface area is 131 Å². The van der Waals surface area contributed by atoms with Crippen molar-refractivity contribution in [2.24, 2.45) is 0 Å². The van der Waals surface area contributed by atoms with Gasteiger partial charge in [-0.3, -0.25) is 0 Å². The van der Waals surface area contributed by atoms with Gasteiger partial charge in [-0.25, -0.2) is 4.39 Å². The Kier molecular flexibility index (Phi) is 4.20. The van der Waals surface area contributed by atoms with Crippen LogP contribution in [0.2, 0.25) is 0 Å². The molecule has 0 unspecified atom stereocenters. The Bertz CT molecular complexity index is 770. The molecule has 0 aliphatic carbocycles. The molecule has 1 nitrogen and oxygen atoms in total. The molecule has 0 spiro atoms. The van der Waals surface area contributed by atoms with Crippen molar-refractivity contribution in [3.63, 3.8) is 0 Å². The first-order chi connectivity index (χ1) is 10.3. The standard InChI is InChI=1S/C18H14BrFO/c19-11-16-15-7-3-1-5-13(15)9-10-18(16)21-12-14-6-2-4-8-17(14)20/h1-10H,11-12H2. The fourth-order valence-corrected chi connectivity index (χ4v) is 2.94. The highest BCUT2D eigenvalue weighted by Crippen LogP contribution is 2.30. The highest BCUT2D eigenvalue weighted by molar-refractivity contribution is 9.08. The SMILES string of the molecule is Fc1ccccc1COc1ccc2ccccc2c1CBr. The van der Waals surface area contributed by atoms with Gasteiger partial charge in [-0.2, -0.15) is 0 Å². The Morgan fingerprint density at radius 1 is 0.905 bits per heavy atom. The van der Waals surface area contributed by atoms with Gasteiger partial charge in [-0.05, 0) is 22.9 Å². The maximum absolute atomic E-state index is 13.6. The molecule has 0 amide bonds. The van der Waals surface area contributed by atoms with Crippen LogP contribution >= 0.6 is 15.9 Å². The van der Waals surface area contributed by atoms with Crippen LogP contribution in [0.1, 0.15) is 11.1 Å². The van der Waals surface area contributed by atoms with Crippen LogP contribution in [0.15, 0.2) is 60.7 Å². The van der Waals surface area contributed by atoms with Crippen LogP contribution in [-0.4, -0.2) is 0 Å². The third kappa shape index (κ3) is 2.93. The lowest BCUT2D eigenvalue weighted by atomic mass is 10.0. The van der Waals surface area contributed by atoms with E-state index in [2.05, 4.69) is 28.1 Å². The van der Waals surface area contributed by atoms with Crippen LogP contribution in [0.25, 0.3) is 10.8 Å². The summed E-state index contributed by atoms with van der Waals surface area (Å²) in [5.74, 6) is 0.549. The van der Waals surface area contributed by atoms with E-state index in [4.69, 9.17) is 4.74 Å². The second-order valence-corrected chi connectivity index (χ2v) is 5.34. The Morgan fingerprint density at radius 2 is 1.67 bits per heavy atom. The first-order valence-corrected chi connectivity index (χ1v) is 7.84. The lowest BCUT2D eigenvalue weighted by Crippen LogP contribution is -2.00. The van der Waals surface area contributed by atoms with Gasteiger partial charge < -0.3 is 4.74 Å². The summed E-state index contributed by atoms with van der Waals surface area (Å²) in [6.07, 6.45) is 0. The summed E-state index contributed by atoms with van der Waals surface area (Å²) < 4.78 is 19.5. The fraction of sp³-hybridized carbons (Fsp3) is 0.111. The molecule has 3 heteroatoms. The molecule has 0 saturated carbocycles. The van der Waals surface area contributed by atoms with Crippen molar-refractivity contribution in [2.75, 3.05) is 0 Å². The molecule has 3 aromatic rings. The van der Waals surface area contributed by atoms with Crippen LogP contribution in [-0.2, 0) is 11.9 Å². The summed E-state index contributed by atoms with van der Waals surface area (Å²) in [4.78, 5) is 0. The normalized spacial score (nSPS) is 10.8. The number of benzene rings is 3. The minimum atomic E-state index is -0.237. The van der Waals surface area contributed by atoms with Gasteiger partial charge in [0.1, 0.15) is 18.2 Å². The van der Waals surface area contributed by atoms with E-state index in [9.17, 15) is 4.39 Å². The van der Waals surface area contributed by atoms with E-state index < -0.39 is 0 Å². The molecule has 0 aromatic heterocycles. The van der Waals surface area contributed by atoms with Gasteiger partial charge in [0.05, 0.1) is 0 Å². The van der Waals surface area contributed by atoms with E-state index in [-0.39, 0.29) is 12.4 Å². The van der Waals surface area contributed by atoms with E-state index in [0.717, 1.165) is 16.7 Å². The molecule has 0 aliphatic rings. The van der Waals surface area contributed by atoms with Gasteiger partial charge in [-0.15, -0.1) is 0 Å². The van der Waals surface area contributed by atoms with Crippen LogP contribution < -0.4 is 4.74 Å². The van der Waals surface area contributed by atoms with Gasteiger partial charge in [0, 0.05) is 16.5 Å².